The average Bonchev–Trinajstić information content (AvgIpc) is 1.60. The number of aryl methyl sites for hydroxylation is 6. The van der Waals surface area contributed by atoms with Crippen molar-refractivity contribution in [1.82, 2.24) is 44.4 Å². The molecule has 9 heterocycles. The van der Waals surface area contributed by atoms with E-state index in [4.69, 9.17) is 0 Å². The molecule has 1 saturated carbocycles. The summed E-state index contributed by atoms with van der Waals surface area (Å²) in [6.07, 6.45) is 3.83. The highest BCUT2D eigenvalue weighted by Crippen LogP contribution is 2.44. The molecule has 598 valence electrons. The highest BCUT2D eigenvalue weighted by Gasteiger charge is 2.56. The third-order valence-corrected chi connectivity index (χ3v) is 27.5. The standard InChI is InChI=1S/C31H33N3O4S.C30H32BrN3O4S.C29H31N3O4S/c1-20-28(39-19-32-20)22-11-8-21(9-12-22)10-13-27(36)26-16-24(35)18-33(26)30(38)31(14-4-5-15-31)34-17-23-6-2-3-7-25(23)29(34)37;1-17(2)27(34-14-21-5-4-6-23(31)26(21)29(34)37)30(38)33-15-22(35)13-24(33)25(36)12-9-19-7-10-20(11-8-19)28-18(3)32-16-39-28;1-18-26(37-17-30-18)20-11-8-19(9-12-20)10-13-25(34)24-14-22(33)16-31(24)28(36)29(2,3)32-15-21-6-4-5-7-23(21)27(32)35/h2-3,6-9,11-12,19,24,26,35H,4-5,10,13-18H2,1H3;4-8,10-11,16-17,22,24,27,35H,9,12-15H2,1-3H3;4-9,11-12,17,22,24,33H,10,13-16H2,1-3H3/t24-,26+;22-,24+,27+;22-,24+/m111/s1. The Hall–Kier alpha value is -9.60. The molecule has 7 atom stereocenters. The minimum atomic E-state index is -1.15. The Morgan fingerprint density at radius 1 is 0.504 bits per heavy atom. The summed E-state index contributed by atoms with van der Waals surface area (Å²) in [5.41, 5.74) is 17.4. The maximum atomic E-state index is 14.2. The molecule has 0 bridgehead atoms. The van der Waals surface area contributed by atoms with Gasteiger partial charge in [-0.15, -0.1) is 34.0 Å². The van der Waals surface area contributed by atoms with Crippen molar-refractivity contribution in [2.45, 2.75) is 205 Å². The van der Waals surface area contributed by atoms with Gasteiger partial charge in [-0.1, -0.05) is 148 Å². The Morgan fingerprint density at radius 2 is 0.913 bits per heavy atom. The number of halogens is 1. The molecule has 4 fully saturated rings. The highest BCUT2D eigenvalue weighted by atomic mass is 79.9. The first-order valence-electron chi connectivity index (χ1n) is 39.6. The molecule has 0 unspecified atom stereocenters. The largest absolute Gasteiger partial charge is 0.391 e. The number of benzene rings is 6. The molecule has 9 aromatic rings. The summed E-state index contributed by atoms with van der Waals surface area (Å²) in [6, 6.07) is 42.2. The predicted octanol–water partition coefficient (Wildman–Crippen LogP) is 13.6. The minimum Gasteiger partial charge on any atom is -0.391 e. The summed E-state index contributed by atoms with van der Waals surface area (Å²) >= 11 is 8.29. The number of fused-ring (bicyclic) bond motifs is 3. The lowest BCUT2D eigenvalue weighted by atomic mass is 9.91. The number of hydrogen-bond donors (Lipinski definition) is 3. The molecule has 3 aromatic heterocycles. The Labute approximate surface area is 690 Å². The van der Waals surface area contributed by atoms with Gasteiger partial charge in [0.15, 0.2) is 17.3 Å². The number of ketones is 3. The van der Waals surface area contributed by atoms with Gasteiger partial charge in [0.2, 0.25) is 17.7 Å². The van der Waals surface area contributed by atoms with E-state index in [9.17, 15) is 58.5 Å². The maximum absolute atomic E-state index is 14.2. The van der Waals surface area contributed by atoms with Crippen LogP contribution in [-0.4, -0.2) is 186 Å². The fourth-order valence-corrected chi connectivity index (χ4v) is 20.7. The van der Waals surface area contributed by atoms with E-state index in [0.29, 0.717) is 79.3 Å². The summed E-state index contributed by atoms with van der Waals surface area (Å²) in [5, 5.41) is 31.4. The van der Waals surface area contributed by atoms with Gasteiger partial charge in [0, 0.05) is 93.4 Å². The zero-order valence-electron chi connectivity index (χ0n) is 65.7. The molecule has 115 heavy (non-hydrogen) atoms. The number of Topliss-reactive ketones (excluding diaryl/α,β-unsaturated/α-hetero) is 3. The van der Waals surface area contributed by atoms with E-state index < -0.39 is 53.6 Å². The van der Waals surface area contributed by atoms with Gasteiger partial charge in [0.05, 0.1) is 90.2 Å². The Bertz CT molecular complexity index is 5170. The molecule has 16 rings (SSSR count). The average molecular weight is 1670 g/mol. The summed E-state index contributed by atoms with van der Waals surface area (Å²) in [4.78, 5) is 148. The Kier molecular flexibility index (Phi) is 24.7. The summed E-state index contributed by atoms with van der Waals surface area (Å²) in [5.74, 6) is -1.59. The number of nitrogens with zero attached hydrogens (tertiary/aromatic N) is 9. The third kappa shape index (κ3) is 16.9. The molecule has 3 N–H and O–H groups in total. The first kappa shape index (κ1) is 81.9. The lowest BCUT2D eigenvalue weighted by Gasteiger charge is -2.41. The van der Waals surface area contributed by atoms with Crippen LogP contribution in [0.2, 0.25) is 0 Å². The van der Waals surface area contributed by atoms with E-state index in [1.54, 1.807) is 73.5 Å². The van der Waals surface area contributed by atoms with Gasteiger partial charge in [-0.05, 0) is 157 Å². The van der Waals surface area contributed by atoms with Crippen molar-refractivity contribution >= 4 is 103 Å². The quantitative estimate of drug-likeness (QED) is 0.0569. The molecule has 6 aromatic carbocycles. The van der Waals surface area contributed by atoms with E-state index in [1.807, 2.05) is 172 Å². The van der Waals surface area contributed by atoms with Gasteiger partial charge in [-0.3, -0.25) is 43.2 Å². The molecule has 7 aliphatic rings. The lowest BCUT2D eigenvalue weighted by molar-refractivity contribution is -0.147. The number of aromatic nitrogens is 3. The van der Waals surface area contributed by atoms with Crippen LogP contribution in [0.25, 0.3) is 31.3 Å². The van der Waals surface area contributed by atoms with Crippen molar-refractivity contribution in [3.05, 3.63) is 228 Å². The number of thiazole rings is 3. The second kappa shape index (κ2) is 34.7. The first-order chi connectivity index (χ1) is 55.2. The number of carbonyl (C=O) groups excluding carboxylic acids is 9. The number of β-amino-alcohol motifs (C(OH)–C–C–N with tert-alkyl or cyclic N) is 3. The van der Waals surface area contributed by atoms with Crippen molar-refractivity contribution in [3.63, 3.8) is 0 Å². The number of likely N-dealkylation sites (tertiary alicyclic amines) is 3. The number of aliphatic hydroxyl groups is 3. The van der Waals surface area contributed by atoms with Crippen molar-refractivity contribution in [3.8, 4) is 31.3 Å². The Balaban J connectivity index is 0.000000143. The van der Waals surface area contributed by atoms with Crippen LogP contribution in [0.1, 0.15) is 173 Å². The topological polar surface area (TPSA) is 272 Å². The first-order valence-corrected chi connectivity index (χ1v) is 43.0. The van der Waals surface area contributed by atoms with Crippen molar-refractivity contribution in [2.24, 2.45) is 5.92 Å². The molecule has 0 radical (unpaired) electrons. The van der Waals surface area contributed by atoms with E-state index in [-0.39, 0.29) is 110 Å². The summed E-state index contributed by atoms with van der Waals surface area (Å²) in [6.45, 7) is 14.7. The van der Waals surface area contributed by atoms with Crippen molar-refractivity contribution in [1.29, 1.82) is 0 Å². The van der Waals surface area contributed by atoms with Crippen molar-refractivity contribution in [2.75, 3.05) is 19.6 Å². The number of amides is 6. The van der Waals surface area contributed by atoms with Crippen LogP contribution in [0.4, 0.5) is 0 Å². The molecular weight excluding hydrogens is 1580 g/mol. The zero-order valence-corrected chi connectivity index (χ0v) is 69.7. The molecule has 6 aliphatic heterocycles. The molecular formula is C90H96BrN9O12S3. The van der Waals surface area contributed by atoms with Gasteiger partial charge >= 0.3 is 0 Å². The van der Waals surface area contributed by atoms with Crippen LogP contribution in [0.15, 0.2) is 161 Å². The monoisotopic (exact) mass is 1670 g/mol. The van der Waals surface area contributed by atoms with Gasteiger partial charge in [0.1, 0.15) is 17.1 Å². The van der Waals surface area contributed by atoms with E-state index in [2.05, 4.69) is 43.0 Å². The molecule has 3 saturated heterocycles. The smallest absolute Gasteiger partial charge is 0.256 e. The van der Waals surface area contributed by atoms with Gasteiger partial charge in [-0.2, -0.15) is 0 Å². The minimum absolute atomic E-state index is 0.0357. The van der Waals surface area contributed by atoms with Crippen LogP contribution < -0.4 is 0 Å². The van der Waals surface area contributed by atoms with Crippen LogP contribution in [0.5, 0.6) is 0 Å². The fourth-order valence-electron chi connectivity index (χ4n) is 17.7. The van der Waals surface area contributed by atoms with Crippen LogP contribution in [0.3, 0.4) is 0 Å². The molecule has 1 aliphatic carbocycles. The second-order valence-corrected chi connectivity index (χ2v) is 35.6. The summed E-state index contributed by atoms with van der Waals surface area (Å²) < 4.78 is 0.710. The third-order valence-electron chi connectivity index (χ3n) is 23.9. The van der Waals surface area contributed by atoms with E-state index in [0.717, 1.165) is 94.6 Å². The fraction of sp³-hybridized carbons (Fsp3) is 0.400. The zero-order chi connectivity index (χ0) is 81.3. The van der Waals surface area contributed by atoms with Crippen molar-refractivity contribution < 1.29 is 58.5 Å². The van der Waals surface area contributed by atoms with Crippen LogP contribution in [-0.2, 0) is 67.7 Å². The number of aliphatic hydroxyl groups excluding tert-OH is 3. The molecule has 0 spiro atoms. The molecule has 21 nitrogen and oxygen atoms in total. The number of carbonyl (C=O) groups is 9. The van der Waals surface area contributed by atoms with Gasteiger partial charge in [-0.25, -0.2) is 15.0 Å². The van der Waals surface area contributed by atoms with E-state index >= 15 is 0 Å². The molecule has 6 amide bonds. The normalized spacial score (nSPS) is 20.3. The van der Waals surface area contributed by atoms with Gasteiger partial charge < -0.3 is 44.7 Å². The van der Waals surface area contributed by atoms with E-state index in [1.165, 1.54) is 9.80 Å². The Morgan fingerprint density at radius 3 is 1.34 bits per heavy atom. The summed E-state index contributed by atoms with van der Waals surface area (Å²) in [7, 11) is 0. The highest BCUT2D eigenvalue weighted by molar-refractivity contribution is 9.10. The second-order valence-electron chi connectivity index (χ2n) is 32.2. The maximum Gasteiger partial charge on any atom is 0.256 e. The van der Waals surface area contributed by atoms with Gasteiger partial charge in [0.25, 0.3) is 17.7 Å². The molecule has 25 heteroatoms. The predicted molar refractivity (Wildman–Crippen MR) is 446 cm³/mol. The van der Waals surface area contributed by atoms with Crippen LogP contribution in [0, 0.1) is 26.7 Å². The van der Waals surface area contributed by atoms with Crippen LogP contribution >= 0.6 is 49.9 Å². The lowest BCUT2D eigenvalue weighted by Crippen LogP contribution is -2.60. The number of rotatable bonds is 22. The SMILES string of the molecule is Cc1ncsc1-c1ccc(CCC(=O)[C@@H]2C[C@@H](O)CN2C(=O)C(C)(C)N2Cc3ccccc3C2=O)cc1.Cc1ncsc1-c1ccc(CCC(=O)[C@@H]2C[C@@H](O)CN2C(=O)C2(N3Cc4ccccc4C3=O)CCCC2)cc1.Cc1ncsc1-c1ccc(CCC(=O)[C@@H]2C[C@@H](O)CN2C(=O)[C@H](C(C)C)N2Cc3cccc(Br)c3C2=O)cc1. The number of hydrogen-bond acceptors (Lipinski definition) is 18.